The van der Waals surface area contributed by atoms with Crippen LogP contribution in [-0.2, 0) is 9.59 Å². The van der Waals surface area contributed by atoms with Crippen molar-refractivity contribution in [2.45, 2.75) is 39.2 Å². The molecule has 1 fully saturated rings. The Morgan fingerprint density at radius 2 is 2.00 bits per heavy atom. The fourth-order valence-electron chi connectivity index (χ4n) is 2.34. The average Bonchev–Trinajstić information content (AvgIpc) is 2.72. The van der Waals surface area contributed by atoms with E-state index in [1.165, 1.54) is 0 Å². The topological polar surface area (TPSA) is 84.2 Å². The number of hydrogen-bond acceptors (Lipinski definition) is 3. The fraction of sp³-hybridized carbons (Fsp3) is 0.833. The van der Waals surface area contributed by atoms with Gasteiger partial charge in [-0.2, -0.15) is 0 Å². The van der Waals surface area contributed by atoms with Gasteiger partial charge in [0.2, 0.25) is 11.8 Å². The molecule has 1 aliphatic carbocycles. The van der Waals surface area contributed by atoms with E-state index in [2.05, 4.69) is 10.6 Å². The summed E-state index contributed by atoms with van der Waals surface area (Å²) in [5.74, 6) is 0.0995. The van der Waals surface area contributed by atoms with Crippen LogP contribution in [0.1, 0.15) is 33.1 Å². The maximum atomic E-state index is 11.9. The lowest BCUT2D eigenvalue weighted by molar-refractivity contribution is -0.129. The molecule has 0 aromatic heterocycles. The largest absolute Gasteiger partial charge is 0.352 e. The number of nitrogens with two attached hydrogens (primary N) is 1. The monoisotopic (exact) mass is 277 g/mol. The van der Waals surface area contributed by atoms with E-state index in [0.717, 1.165) is 19.3 Å². The Morgan fingerprint density at radius 1 is 1.33 bits per heavy atom. The van der Waals surface area contributed by atoms with Gasteiger partial charge in [0.15, 0.2) is 0 Å². The molecule has 0 bridgehead atoms. The van der Waals surface area contributed by atoms with Crippen LogP contribution < -0.4 is 16.4 Å². The van der Waals surface area contributed by atoms with Gasteiger partial charge in [-0.05, 0) is 39.2 Å². The zero-order chi connectivity index (χ0) is 12.8. The zero-order valence-electron chi connectivity index (χ0n) is 11.1. The highest BCUT2D eigenvalue weighted by molar-refractivity contribution is 5.86. The molecule has 0 aliphatic heterocycles. The molecule has 0 radical (unpaired) electrons. The van der Waals surface area contributed by atoms with Gasteiger partial charge in [0.05, 0.1) is 6.54 Å². The van der Waals surface area contributed by atoms with E-state index < -0.39 is 0 Å². The summed E-state index contributed by atoms with van der Waals surface area (Å²) in [6.45, 7) is 4.39. The van der Waals surface area contributed by atoms with E-state index in [1.54, 1.807) is 0 Å². The van der Waals surface area contributed by atoms with Gasteiger partial charge >= 0.3 is 0 Å². The normalized spacial score (nSPS) is 22.4. The molecule has 0 unspecified atom stereocenters. The molecule has 1 aliphatic rings. The zero-order valence-corrected chi connectivity index (χ0v) is 11.9. The van der Waals surface area contributed by atoms with Crippen molar-refractivity contribution in [2.24, 2.45) is 17.6 Å². The van der Waals surface area contributed by atoms with Crippen molar-refractivity contribution in [3.05, 3.63) is 0 Å². The molecule has 1 saturated carbocycles. The molecule has 18 heavy (non-hydrogen) atoms. The summed E-state index contributed by atoms with van der Waals surface area (Å²) < 4.78 is 0. The summed E-state index contributed by atoms with van der Waals surface area (Å²) in [7, 11) is 0. The molecule has 2 amide bonds. The Kier molecular flexibility index (Phi) is 7.95. The van der Waals surface area contributed by atoms with Crippen molar-refractivity contribution in [2.75, 3.05) is 13.1 Å². The second-order valence-electron chi connectivity index (χ2n) is 4.97. The average molecular weight is 278 g/mol. The lowest BCUT2D eigenvalue weighted by atomic mass is 9.95. The number of nitrogens with one attached hydrogen (secondary N) is 2. The first-order chi connectivity index (χ1) is 8.04. The molecule has 106 valence electrons. The van der Waals surface area contributed by atoms with Gasteiger partial charge in [-0.3, -0.25) is 9.59 Å². The quantitative estimate of drug-likeness (QED) is 0.681. The van der Waals surface area contributed by atoms with Gasteiger partial charge < -0.3 is 16.4 Å². The van der Waals surface area contributed by atoms with Gasteiger partial charge in [0.1, 0.15) is 0 Å². The lowest BCUT2D eigenvalue weighted by Crippen LogP contribution is -2.42. The van der Waals surface area contributed by atoms with E-state index in [9.17, 15) is 9.59 Å². The van der Waals surface area contributed by atoms with Gasteiger partial charge in [-0.1, -0.05) is 6.42 Å². The molecule has 6 heteroatoms. The third kappa shape index (κ3) is 5.23. The Morgan fingerprint density at radius 3 is 2.56 bits per heavy atom. The van der Waals surface area contributed by atoms with Gasteiger partial charge in [-0.25, -0.2) is 0 Å². The van der Waals surface area contributed by atoms with Crippen molar-refractivity contribution in [1.29, 1.82) is 0 Å². The predicted octanol–water partition coefficient (Wildman–Crippen LogP) is 0.424. The molecular formula is C12H24ClN3O2. The first-order valence-electron chi connectivity index (χ1n) is 6.31. The third-order valence-corrected chi connectivity index (χ3v) is 3.17. The van der Waals surface area contributed by atoms with E-state index >= 15 is 0 Å². The first-order valence-corrected chi connectivity index (χ1v) is 6.31. The van der Waals surface area contributed by atoms with Crippen LogP contribution in [0.15, 0.2) is 0 Å². The Hall–Kier alpha value is -0.810. The van der Waals surface area contributed by atoms with E-state index in [4.69, 9.17) is 5.73 Å². The number of amides is 2. The van der Waals surface area contributed by atoms with Crippen molar-refractivity contribution < 1.29 is 9.59 Å². The first kappa shape index (κ1) is 17.2. The number of rotatable bonds is 5. The van der Waals surface area contributed by atoms with Crippen LogP contribution in [0, 0.1) is 11.8 Å². The summed E-state index contributed by atoms with van der Waals surface area (Å²) in [5.41, 5.74) is 5.62. The van der Waals surface area contributed by atoms with Gasteiger partial charge in [-0.15, -0.1) is 12.4 Å². The number of hydrogen-bond donors (Lipinski definition) is 3. The smallest absolute Gasteiger partial charge is 0.239 e. The van der Waals surface area contributed by atoms with Crippen LogP contribution >= 0.6 is 12.4 Å². The highest BCUT2D eigenvalue weighted by atomic mass is 35.5. The SMILES string of the molecule is CC(C)NC(=O)CNC(=O)[C@@H]1CCC[C@@H]1CN.Cl. The second-order valence-corrected chi connectivity index (χ2v) is 4.97. The molecule has 0 aromatic rings. The summed E-state index contributed by atoms with van der Waals surface area (Å²) in [4.78, 5) is 23.2. The van der Waals surface area contributed by atoms with Crippen molar-refractivity contribution in [1.82, 2.24) is 10.6 Å². The van der Waals surface area contributed by atoms with Gasteiger partial charge in [0, 0.05) is 12.0 Å². The maximum Gasteiger partial charge on any atom is 0.239 e. The Bertz CT molecular complexity index is 284. The van der Waals surface area contributed by atoms with E-state index in [0.29, 0.717) is 6.54 Å². The summed E-state index contributed by atoms with van der Waals surface area (Å²) >= 11 is 0. The lowest BCUT2D eigenvalue weighted by Gasteiger charge is -2.17. The number of carbonyl (C=O) groups excluding carboxylic acids is 2. The molecule has 0 saturated heterocycles. The summed E-state index contributed by atoms with van der Waals surface area (Å²) in [5, 5.41) is 5.42. The van der Waals surface area contributed by atoms with Crippen molar-refractivity contribution in [3.63, 3.8) is 0 Å². The van der Waals surface area contributed by atoms with E-state index in [1.807, 2.05) is 13.8 Å². The summed E-state index contributed by atoms with van der Waals surface area (Å²) in [6, 6.07) is 0.0997. The van der Waals surface area contributed by atoms with Crippen LogP contribution in [0.4, 0.5) is 0 Å². The molecule has 4 N–H and O–H groups in total. The molecule has 5 nitrogen and oxygen atoms in total. The minimum atomic E-state index is -0.143. The van der Waals surface area contributed by atoms with Crippen LogP contribution in [-0.4, -0.2) is 30.9 Å². The molecule has 2 atom stereocenters. The van der Waals surface area contributed by atoms with E-state index in [-0.39, 0.29) is 48.6 Å². The second kappa shape index (κ2) is 8.32. The molecule has 1 rings (SSSR count). The summed E-state index contributed by atoms with van der Waals surface area (Å²) in [6.07, 6.45) is 2.96. The minimum Gasteiger partial charge on any atom is -0.352 e. The Balaban J connectivity index is 0.00000289. The van der Waals surface area contributed by atoms with Crippen molar-refractivity contribution in [3.8, 4) is 0 Å². The maximum absolute atomic E-state index is 11.9. The fourth-order valence-corrected chi connectivity index (χ4v) is 2.34. The molecule has 0 aromatic carbocycles. The Labute approximate surface area is 115 Å². The highest BCUT2D eigenvalue weighted by Crippen LogP contribution is 2.30. The minimum absolute atomic E-state index is 0. The van der Waals surface area contributed by atoms with Crippen LogP contribution in [0.25, 0.3) is 0 Å². The number of carbonyl (C=O) groups is 2. The number of halogens is 1. The standard InChI is InChI=1S/C12H23N3O2.ClH/c1-8(2)15-11(16)7-14-12(17)10-5-3-4-9(10)6-13;/h8-10H,3-7,13H2,1-2H3,(H,14,17)(H,15,16);1H/t9-,10-;/m1./s1. The predicted molar refractivity (Wildman–Crippen MR) is 73.4 cm³/mol. The molecule has 0 heterocycles. The van der Waals surface area contributed by atoms with Crippen molar-refractivity contribution >= 4 is 24.2 Å². The van der Waals surface area contributed by atoms with Crippen LogP contribution in [0.3, 0.4) is 0 Å². The van der Waals surface area contributed by atoms with Crippen LogP contribution in [0.5, 0.6) is 0 Å². The van der Waals surface area contributed by atoms with Crippen LogP contribution in [0.2, 0.25) is 0 Å². The highest BCUT2D eigenvalue weighted by Gasteiger charge is 2.31. The van der Waals surface area contributed by atoms with Gasteiger partial charge in [0.25, 0.3) is 0 Å². The molecule has 0 spiro atoms. The molecular weight excluding hydrogens is 254 g/mol. The third-order valence-electron chi connectivity index (χ3n) is 3.17.